The molecule has 0 aliphatic carbocycles. The van der Waals surface area contributed by atoms with E-state index in [1.807, 2.05) is 84.9 Å². The highest BCUT2D eigenvalue weighted by Crippen LogP contribution is 2.38. The van der Waals surface area contributed by atoms with Gasteiger partial charge >= 0.3 is 0 Å². The Morgan fingerprint density at radius 2 is 0.915 bits per heavy atom. The third-order valence-corrected chi connectivity index (χ3v) is 9.59. The maximum absolute atomic E-state index is 6.94. The Balaban J connectivity index is 1.31. The van der Waals surface area contributed by atoms with Crippen LogP contribution < -0.4 is 0 Å². The van der Waals surface area contributed by atoms with Gasteiger partial charge < -0.3 is 23.7 Å². The molecule has 5 nitrogen and oxygen atoms in total. The largest absolute Gasteiger partial charge is 0.374 e. The minimum Gasteiger partial charge on any atom is -0.374 e. The summed E-state index contributed by atoms with van der Waals surface area (Å²) in [5.74, 6) is 0. The zero-order valence-electron chi connectivity index (χ0n) is 26.1. The summed E-state index contributed by atoms with van der Waals surface area (Å²) in [6.45, 7) is 2.04. The standard InChI is InChI=1S/C40H39BrO5S/c41-34-21-23-35(24-22-34)47-40-39(45-28-33-19-11-4-12-20-33)38(44-27-32-17-9-3-10-18-32)37(43-26-31-15-7-2-8-16-31)36(46-40)29-42-25-30-13-5-1-6-14-30/h1-24,36-40H,25-29H2/t36-,37-,38+,39-,40+/m1/s1. The zero-order chi connectivity index (χ0) is 32.1. The van der Waals surface area contributed by atoms with E-state index in [0.29, 0.717) is 33.0 Å². The van der Waals surface area contributed by atoms with Gasteiger partial charge in [-0.1, -0.05) is 149 Å². The van der Waals surface area contributed by atoms with E-state index in [-0.39, 0.29) is 5.44 Å². The minimum absolute atomic E-state index is 0.336. The number of hydrogen-bond donors (Lipinski definition) is 0. The molecule has 242 valence electrons. The highest BCUT2D eigenvalue weighted by molar-refractivity contribution is 9.10. The Labute approximate surface area is 290 Å². The quantitative estimate of drug-likeness (QED) is 0.108. The average Bonchev–Trinajstić information content (AvgIpc) is 3.12. The van der Waals surface area contributed by atoms with Gasteiger partial charge in [0.1, 0.15) is 29.9 Å². The van der Waals surface area contributed by atoms with Crippen LogP contribution in [0.4, 0.5) is 0 Å². The molecule has 1 fully saturated rings. The molecule has 0 radical (unpaired) electrons. The molecule has 7 heteroatoms. The van der Waals surface area contributed by atoms with Crippen LogP contribution in [-0.2, 0) is 50.1 Å². The van der Waals surface area contributed by atoms with Crippen LogP contribution in [0.15, 0.2) is 155 Å². The van der Waals surface area contributed by atoms with Crippen LogP contribution >= 0.6 is 27.7 Å². The van der Waals surface area contributed by atoms with Crippen molar-refractivity contribution >= 4 is 27.7 Å². The Bertz CT molecular complexity index is 1590. The molecule has 6 rings (SSSR count). The second kappa shape index (κ2) is 17.8. The molecule has 0 N–H and O–H groups in total. The summed E-state index contributed by atoms with van der Waals surface area (Å²) in [4.78, 5) is 1.07. The Kier molecular flexibility index (Phi) is 12.7. The second-order valence-corrected chi connectivity index (χ2v) is 13.5. The third kappa shape index (κ3) is 10.1. The topological polar surface area (TPSA) is 46.2 Å². The molecule has 0 spiro atoms. The van der Waals surface area contributed by atoms with Crippen LogP contribution in [0.1, 0.15) is 22.3 Å². The smallest absolute Gasteiger partial charge is 0.137 e. The van der Waals surface area contributed by atoms with E-state index in [4.69, 9.17) is 23.7 Å². The van der Waals surface area contributed by atoms with Crippen molar-refractivity contribution in [2.24, 2.45) is 0 Å². The van der Waals surface area contributed by atoms with Crippen molar-refractivity contribution in [3.63, 3.8) is 0 Å². The summed E-state index contributed by atoms with van der Waals surface area (Å²) in [7, 11) is 0. The van der Waals surface area contributed by atoms with E-state index in [2.05, 4.69) is 76.6 Å². The molecule has 47 heavy (non-hydrogen) atoms. The summed E-state index contributed by atoms with van der Waals surface area (Å²) >= 11 is 5.20. The number of rotatable bonds is 15. The lowest BCUT2D eigenvalue weighted by atomic mass is 9.98. The lowest BCUT2D eigenvalue weighted by Crippen LogP contribution is -2.60. The predicted octanol–water partition coefficient (Wildman–Crippen LogP) is 9.24. The van der Waals surface area contributed by atoms with Gasteiger partial charge in [-0.05, 0) is 46.5 Å². The third-order valence-electron chi connectivity index (χ3n) is 7.91. The molecule has 0 unspecified atom stereocenters. The summed E-state index contributed by atoms with van der Waals surface area (Å²) in [6, 6.07) is 49.1. The van der Waals surface area contributed by atoms with Gasteiger partial charge in [-0.25, -0.2) is 0 Å². The van der Waals surface area contributed by atoms with Crippen molar-refractivity contribution < 1.29 is 23.7 Å². The summed E-state index contributed by atoms with van der Waals surface area (Å²) < 4.78 is 34.7. The van der Waals surface area contributed by atoms with Crippen LogP contribution in [0.2, 0.25) is 0 Å². The first-order valence-corrected chi connectivity index (χ1v) is 17.5. The van der Waals surface area contributed by atoms with Crippen molar-refractivity contribution in [3.05, 3.63) is 172 Å². The molecular formula is C40H39BrO5S. The van der Waals surface area contributed by atoms with E-state index >= 15 is 0 Å². The van der Waals surface area contributed by atoms with E-state index < -0.39 is 24.4 Å². The molecule has 0 bridgehead atoms. The van der Waals surface area contributed by atoms with E-state index in [9.17, 15) is 0 Å². The maximum atomic E-state index is 6.94. The normalized spacial score (nSPS) is 21.0. The van der Waals surface area contributed by atoms with Crippen LogP contribution in [-0.4, -0.2) is 36.5 Å². The number of ether oxygens (including phenoxy) is 5. The van der Waals surface area contributed by atoms with E-state index in [1.54, 1.807) is 11.8 Å². The van der Waals surface area contributed by atoms with Crippen LogP contribution in [0.25, 0.3) is 0 Å². The summed E-state index contributed by atoms with van der Waals surface area (Å²) in [5, 5.41) is 0. The fourth-order valence-electron chi connectivity index (χ4n) is 5.49. The van der Waals surface area contributed by atoms with Crippen molar-refractivity contribution in [2.45, 2.75) is 61.2 Å². The van der Waals surface area contributed by atoms with Gasteiger partial charge in [-0.3, -0.25) is 0 Å². The fraction of sp³-hybridized carbons (Fsp3) is 0.250. The van der Waals surface area contributed by atoms with Gasteiger partial charge in [0.05, 0.1) is 33.0 Å². The first-order valence-electron chi connectivity index (χ1n) is 15.9. The molecule has 0 amide bonds. The van der Waals surface area contributed by atoms with Crippen molar-refractivity contribution in [1.29, 1.82) is 0 Å². The lowest BCUT2D eigenvalue weighted by Gasteiger charge is -2.46. The Morgan fingerprint density at radius 3 is 1.40 bits per heavy atom. The van der Waals surface area contributed by atoms with Crippen molar-refractivity contribution in [1.82, 2.24) is 0 Å². The van der Waals surface area contributed by atoms with Gasteiger partial charge in [0, 0.05) is 9.37 Å². The molecule has 5 atom stereocenters. The van der Waals surface area contributed by atoms with Gasteiger partial charge in [0.25, 0.3) is 0 Å². The van der Waals surface area contributed by atoms with Crippen LogP contribution in [0.3, 0.4) is 0 Å². The number of hydrogen-bond acceptors (Lipinski definition) is 6. The van der Waals surface area contributed by atoms with Gasteiger partial charge in [-0.2, -0.15) is 0 Å². The summed E-state index contributed by atoms with van der Waals surface area (Å²) in [5.41, 5.74) is 3.95. The van der Waals surface area contributed by atoms with Crippen LogP contribution in [0.5, 0.6) is 0 Å². The van der Waals surface area contributed by atoms with E-state index in [0.717, 1.165) is 31.6 Å². The molecule has 5 aromatic rings. The number of halogens is 1. The molecule has 1 aliphatic rings. The molecule has 1 saturated heterocycles. The summed E-state index contributed by atoms with van der Waals surface area (Å²) in [6.07, 6.45) is -1.77. The van der Waals surface area contributed by atoms with Gasteiger partial charge in [0.15, 0.2) is 0 Å². The highest BCUT2D eigenvalue weighted by Gasteiger charge is 2.49. The van der Waals surface area contributed by atoms with Crippen LogP contribution in [0, 0.1) is 0 Å². The lowest BCUT2D eigenvalue weighted by molar-refractivity contribution is -0.254. The number of benzene rings is 5. The molecule has 5 aromatic carbocycles. The number of thioether (sulfide) groups is 1. The fourth-order valence-corrected chi connectivity index (χ4v) is 6.88. The van der Waals surface area contributed by atoms with Crippen molar-refractivity contribution in [3.8, 4) is 0 Å². The predicted molar refractivity (Wildman–Crippen MR) is 190 cm³/mol. The molecule has 1 heterocycles. The Hall–Kier alpha value is -3.27. The highest BCUT2D eigenvalue weighted by atomic mass is 79.9. The van der Waals surface area contributed by atoms with Crippen molar-refractivity contribution in [2.75, 3.05) is 6.61 Å². The first-order chi connectivity index (χ1) is 23.2. The SMILES string of the molecule is Brc1ccc(S[C@@H]2O[C@H](COCc3ccccc3)[C@@H](OCc3ccccc3)[C@H](OCc3ccccc3)[C@H]2OCc2ccccc2)cc1. The van der Waals surface area contributed by atoms with Gasteiger partial charge in [0.2, 0.25) is 0 Å². The molecule has 0 saturated carbocycles. The first kappa shape index (κ1) is 33.6. The molecule has 1 aliphatic heterocycles. The second-order valence-electron chi connectivity index (χ2n) is 11.4. The molecule has 0 aromatic heterocycles. The maximum Gasteiger partial charge on any atom is 0.137 e. The monoisotopic (exact) mass is 710 g/mol. The van der Waals surface area contributed by atoms with E-state index in [1.165, 1.54) is 0 Å². The average molecular weight is 712 g/mol. The Morgan fingerprint density at radius 1 is 0.489 bits per heavy atom. The van der Waals surface area contributed by atoms with Gasteiger partial charge in [-0.15, -0.1) is 0 Å². The zero-order valence-corrected chi connectivity index (χ0v) is 28.5. The minimum atomic E-state index is -0.461. The molecular weight excluding hydrogens is 672 g/mol.